The highest BCUT2D eigenvalue weighted by Crippen LogP contribution is 2.62. The quantitative estimate of drug-likeness (QED) is 0.789. The van der Waals surface area contributed by atoms with E-state index < -0.39 is 5.60 Å². The smallest absolute Gasteiger partial charge is 0.149 e. The largest absolute Gasteiger partial charge is 0.390 e. The molecule has 3 nitrogen and oxygen atoms in total. The summed E-state index contributed by atoms with van der Waals surface area (Å²) in [6.45, 7) is 0. The van der Waals surface area contributed by atoms with Crippen molar-refractivity contribution in [2.24, 2.45) is 23.2 Å². The zero-order valence-corrected chi connectivity index (χ0v) is 12.1. The third kappa shape index (κ3) is 1.82. The van der Waals surface area contributed by atoms with Gasteiger partial charge in [-0.25, -0.2) is 0 Å². The monoisotopic (exact) mass is 276 g/mol. The summed E-state index contributed by atoms with van der Waals surface area (Å²) in [5.74, 6) is 1.06. The van der Waals surface area contributed by atoms with Gasteiger partial charge in [-0.15, -0.1) is 0 Å². The van der Waals surface area contributed by atoms with Crippen molar-refractivity contribution in [3.8, 4) is 0 Å². The fourth-order valence-corrected chi connectivity index (χ4v) is 6.13. The van der Waals surface area contributed by atoms with Crippen LogP contribution in [0, 0.1) is 23.2 Å². The third-order valence-electron chi connectivity index (χ3n) is 6.42. The van der Waals surface area contributed by atoms with Gasteiger partial charge in [0.25, 0.3) is 0 Å². The van der Waals surface area contributed by atoms with Gasteiger partial charge in [0.15, 0.2) is 0 Å². The topological polar surface area (TPSA) is 54.4 Å². The van der Waals surface area contributed by atoms with Crippen LogP contribution in [-0.4, -0.2) is 22.3 Å². The molecule has 0 heterocycles. The Kier molecular flexibility index (Phi) is 2.70. The predicted molar refractivity (Wildman–Crippen MR) is 74.0 cm³/mol. The van der Waals surface area contributed by atoms with Crippen LogP contribution in [0.4, 0.5) is 0 Å². The second kappa shape index (κ2) is 4.16. The van der Waals surface area contributed by atoms with Crippen LogP contribution < -0.4 is 0 Å². The Balaban J connectivity index is 1.64. The molecule has 5 aliphatic rings. The Hall–Kier alpha value is -0.700. The number of rotatable bonds is 2. The van der Waals surface area contributed by atoms with Crippen LogP contribution in [0.15, 0.2) is 0 Å². The van der Waals surface area contributed by atoms with Crippen molar-refractivity contribution in [1.82, 2.24) is 0 Å². The number of ketones is 2. The highest BCUT2D eigenvalue weighted by Gasteiger charge is 2.61. The van der Waals surface area contributed by atoms with Gasteiger partial charge in [-0.2, -0.15) is 0 Å². The average molecular weight is 276 g/mol. The van der Waals surface area contributed by atoms with E-state index in [1.165, 1.54) is 6.42 Å². The zero-order chi connectivity index (χ0) is 14.0. The van der Waals surface area contributed by atoms with Gasteiger partial charge in [-0.3, -0.25) is 9.59 Å². The molecular formula is C17H24O3. The van der Waals surface area contributed by atoms with Crippen molar-refractivity contribution in [2.45, 2.75) is 69.8 Å². The maximum absolute atomic E-state index is 13.1. The van der Waals surface area contributed by atoms with E-state index in [1.807, 2.05) is 0 Å². The number of Topliss-reactive ketones (excluding diaryl/α,β-unsaturated/α-hetero) is 2. The Bertz CT molecular complexity index is 453. The van der Waals surface area contributed by atoms with Crippen LogP contribution in [0.2, 0.25) is 0 Å². The van der Waals surface area contributed by atoms with E-state index in [9.17, 15) is 14.7 Å². The summed E-state index contributed by atoms with van der Waals surface area (Å²) < 4.78 is 0. The molecule has 3 atom stereocenters. The van der Waals surface area contributed by atoms with Crippen molar-refractivity contribution >= 4 is 11.6 Å². The van der Waals surface area contributed by atoms with E-state index in [2.05, 4.69) is 0 Å². The molecule has 0 amide bonds. The summed E-state index contributed by atoms with van der Waals surface area (Å²) in [6.07, 6.45) is 8.78. The second-order valence-electron chi connectivity index (χ2n) is 8.09. The first-order valence-electron chi connectivity index (χ1n) is 8.29. The minimum Gasteiger partial charge on any atom is -0.390 e. The first-order chi connectivity index (χ1) is 9.50. The zero-order valence-electron chi connectivity index (χ0n) is 12.1. The lowest BCUT2D eigenvalue weighted by molar-refractivity contribution is -0.180. The lowest BCUT2D eigenvalue weighted by atomic mass is 9.46. The summed E-state index contributed by atoms with van der Waals surface area (Å²) >= 11 is 0. The van der Waals surface area contributed by atoms with E-state index in [4.69, 9.17) is 0 Å². The molecule has 110 valence electrons. The molecular weight excluding hydrogens is 252 g/mol. The molecule has 5 aliphatic carbocycles. The van der Waals surface area contributed by atoms with Crippen LogP contribution in [0.5, 0.6) is 0 Å². The highest BCUT2D eigenvalue weighted by molar-refractivity contribution is 6.05. The second-order valence-corrected chi connectivity index (χ2v) is 8.09. The van der Waals surface area contributed by atoms with Crippen molar-refractivity contribution in [2.75, 3.05) is 0 Å². The van der Waals surface area contributed by atoms with Gasteiger partial charge in [-0.05, 0) is 63.2 Å². The number of hydrogen-bond acceptors (Lipinski definition) is 3. The molecule has 3 heteroatoms. The highest BCUT2D eigenvalue weighted by atomic mass is 16.3. The molecule has 1 N–H and O–H groups in total. The average Bonchev–Trinajstić information content (AvgIpc) is 2.35. The van der Waals surface area contributed by atoms with E-state index >= 15 is 0 Å². The van der Waals surface area contributed by atoms with Gasteiger partial charge < -0.3 is 5.11 Å². The number of carbonyl (C=O) groups excluding carboxylic acids is 2. The summed E-state index contributed by atoms with van der Waals surface area (Å²) in [5.41, 5.74) is -0.950. The third-order valence-corrected chi connectivity index (χ3v) is 6.42. The van der Waals surface area contributed by atoms with E-state index in [0.717, 1.165) is 44.9 Å². The van der Waals surface area contributed by atoms with Gasteiger partial charge in [0, 0.05) is 11.8 Å². The molecule has 3 unspecified atom stereocenters. The molecule has 5 fully saturated rings. The lowest BCUT2D eigenvalue weighted by Crippen LogP contribution is -2.59. The van der Waals surface area contributed by atoms with Gasteiger partial charge in [-0.1, -0.05) is 6.42 Å². The molecule has 0 radical (unpaired) electrons. The maximum atomic E-state index is 13.1. The van der Waals surface area contributed by atoms with Crippen molar-refractivity contribution in [1.29, 1.82) is 0 Å². The molecule has 5 saturated carbocycles. The molecule has 0 aromatic rings. The number of aliphatic hydroxyl groups is 1. The van der Waals surface area contributed by atoms with Gasteiger partial charge in [0.1, 0.15) is 11.6 Å². The molecule has 20 heavy (non-hydrogen) atoms. The molecule has 0 aliphatic heterocycles. The van der Waals surface area contributed by atoms with Crippen LogP contribution in [0.25, 0.3) is 0 Å². The van der Waals surface area contributed by atoms with E-state index in [0.29, 0.717) is 24.7 Å². The normalized spacial score (nSPS) is 50.5. The van der Waals surface area contributed by atoms with Gasteiger partial charge in [0.05, 0.1) is 11.5 Å². The maximum Gasteiger partial charge on any atom is 0.149 e. The van der Waals surface area contributed by atoms with Crippen LogP contribution in [0.1, 0.15) is 64.2 Å². The van der Waals surface area contributed by atoms with Crippen LogP contribution in [0.3, 0.4) is 0 Å². The standard InChI is InChI=1S/C17H24O3/c18-14-4-2-1-3-13(14)15(19)16-6-11-5-12(7-16)9-17(20,8-11)10-16/h11-13,20H,1-10H2. The predicted octanol–water partition coefficient (Wildman–Crippen LogP) is 2.65. The Labute approximate surface area is 120 Å². The SMILES string of the molecule is O=C1CCCCC1C(=O)C12CC3CC(CC(O)(C3)C1)C2. The summed E-state index contributed by atoms with van der Waals surface area (Å²) in [5, 5.41) is 10.7. The molecule has 0 aromatic carbocycles. The molecule has 5 rings (SSSR count). The van der Waals surface area contributed by atoms with E-state index in [1.54, 1.807) is 0 Å². The summed E-state index contributed by atoms with van der Waals surface area (Å²) in [6, 6.07) is 0. The summed E-state index contributed by atoms with van der Waals surface area (Å²) in [7, 11) is 0. The Morgan fingerprint density at radius 2 is 1.80 bits per heavy atom. The first-order valence-corrected chi connectivity index (χ1v) is 8.29. The van der Waals surface area contributed by atoms with Crippen molar-refractivity contribution in [3.05, 3.63) is 0 Å². The van der Waals surface area contributed by atoms with Crippen LogP contribution in [-0.2, 0) is 9.59 Å². The summed E-state index contributed by atoms with van der Waals surface area (Å²) in [4.78, 5) is 25.2. The Morgan fingerprint density at radius 1 is 1.10 bits per heavy atom. The Morgan fingerprint density at radius 3 is 2.40 bits per heavy atom. The molecule has 4 bridgehead atoms. The van der Waals surface area contributed by atoms with Crippen molar-refractivity contribution in [3.63, 3.8) is 0 Å². The fourth-order valence-electron chi connectivity index (χ4n) is 6.13. The number of carbonyl (C=O) groups is 2. The molecule has 0 aromatic heterocycles. The van der Waals surface area contributed by atoms with Gasteiger partial charge in [0.2, 0.25) is 0 Å². The first kappa shape index (κ1) is 13.0. The minimum atomic E-state index is -0.600. The molecule has 0 saturated heterocycles. The van der Waals surface area contributed by atoms with Crippen molar-refractivity contribution < 1.29 is 14.7 Å². The van der Waals surface area contributed by atoms with Crippen LogP contribution >= 0.6 is 0 Å². The lowest BCUT2D eigenvalue weighted by Gasteiger charge is -2.60. The minimum absolute atomic E-state index is 0.170. The molecule has 0 spiro atoms. The number of hydrogen-bond donors (Lipinski definition) is 1. The van der Waals surface area contributed by atoms with E-state index in [-0.39, 0.29) is 22.9 Å². The van der Waals surface area contributed by atoms with Gasteiger partial charge >= 0.3 is 0 Å². The fraction of sp³-hybridized carbons (Fsp3) is 0.882.